The van der Waals surface area contributed by atoms with Crippen LogP contribution in [-0.2, 0) is 0 Å². The predicted molar refractivity (Wildman–Crippen MR) is 71.8 cm³/mol. The van der Waals surface area contributed by atoms with E-state index in [2.05, 4.69) is 27.1 Å². The van der Waals surface area contributed by atoms with E-state index in [9.17, 15) is 0 Å². The van der Waals surface area contributed by atoms with Gasteiger partial charge >= 0.3 is 0 Å². The summed E-state index contributed by atoms with van der Waals surface area (Å²) in [6.45, 7) is 0. The second kappa shape index (κ2) is 4.70. The molecule has 3 aromatic rings. The van der Waals surface area contributed by atoms with Gasteiger partial charge in [0, 0.05) is 36.2 Å². The summed E-state index contributed by atoms with van der Waals surface area (Å²) < 4.78 is 0. The molecule has 0 fully saturated rings. The number of halogens is 1. The zero-order valence-corrected chi connectivity index (χ0v) is 10.4. The molecular weight excluding hydrogens is 246 g/mol. The highest BCUT2D eigenvalue weighted by atomic mass is 35.5. The van der Waals surface area contributed by atoms with Gasteiger partial charge in [0.05, 0.1) is 10.9 Å². The van der Waals surface area contributed by atoms with Gasteiger partial charge in [-0.2, -0.15) is 0 Å². The molecule has 0 amide bonds. The number of hydrogen-bond donors (Lipinski definition) is 2. The van der Waals surface area contributed by atoms with Gasteiger partial charge in [0.15, 0.2) is 0 Å². The first-order chi connectivity index (χ1) is 8.86. The van der Waals surface area contributed by atoms with Crippen molar-refractivity contribution in [3.63, 3.8) is 0 Å². The van der Waals surface area contributed by atoms with Crippen LogP contribution in [-0.4, -0.2) is 15.0 Å². The molecule has 0 aliphatic heterocycles. The van der Waals surface area contributed by atoms with Gasteiger partial charge in [0.2, 0.25) is 0 Å². The minimum Gasteiger partial charge on any atom is -0.364 e. The third-order valence-electron chi connectivity index (χ3n) is 2.98. The van der Waals surface area contributed by atoms with E-state index in [1.54, 1.807) is 12.4 Å². The van der Waals surface area contributed by atoms with Crippen molar-refractivity contribution < 1.29 is 0 Å². The van der Waals surface area contributed by atoms with Crippen LogP contribution in [0.15, 0.2) is 55.1 Å². The fourth-order valence-corrected chi connectivity index (χ4v) is 2.40. The van der Waals surface area contributed by atoms with Gasteiger partial charge in [0.25, 0.3) is 0 Å². The van der Waals surface area contributed by atoms with E-state index in [0.29, 0.717) is 5.02 Å². The van der Waals surface area contributed by atoms with Crippen LogP contribution in [0.5, 0.6) is 0 Å². The highest BCUT2D eigenvalue weighted by Crippen LogP contribution is 2.33. The highest BCUT2D eigenvalue weighted by Gasteiger charge is 2.20. The second-order valence-electron chi connectivity index (χ2n) is 4.08. The molecule has 3 aromatic heterocycles. The van der Waals surface area contributed by atoms with Crippen LogP contribution in [0.2, 0.25) is 5.02 Å². The molecule has 0 spiro atoms. The van der Waals surface area contributed by atoms with Crippen molar-refractivity contribution in [1.29, 1.82) is 0 Å². The summed E-state index contributed by atoms with van der Waals surface area (Å²) in [4.78, 5) is 10.5. The Kier molecular flexibility index (Phi) is 2.90. The van der Waals surface area contributed by atoms with Crippen molar-refractivity contribution >= 4 is 11.6 Å². The maximum atomic E-state index is 6.26. The Morgan fingerprint density at radius 2 is 1.67 bits per heavy atom. The standard InChI is InChI=1S/C14H12ClN3/c15-11-9-16-8-5-10(11)14(12-3-1-6-17-12)13-4-2-7-18-13/h1-9,14,17-18H. The number of pyridine rings is 1. The summed E-state index contributed by atoms with van der Waals surface area (Å²) in [6, 6.07) is 10.0. The van der Waals surface area contributed by atoms with Crippen LogP contribution in [0.25, 0.3) is 0 Å². The number of H-pyrrole nitrogens is 2. The van der Waals surface area contributed by atoms with Crippen molar-refractivity contribution in [2.24, 2.45) is 0 Å². The molecule has 0 bridgehead atoms. The Morgan fingerprint density at radius 3 is 2.17 bits per heavy atom. The summed E-state index contributed by atoms with van der Waals surface area (Å²) in [7, 11) is 0. The highest BCUT2D eigenvalue weighted by molar-refractivity contribution is 6.31. The summed E-state index contributed by atoms with van der Waals surface area (Å²) in [5.74, 6) is 0.0745. The lowest BCUT2D eigenvalue weighted by Crippen LogP contribution is -2.05. The minimum atomic E-state index is 0.0745. The molecule has 0 aliphatic carbocycles. The molecule has 0 radical (unpaired) electrons. The molecule has 3 heterocycles. The first kappa shape index (κ1) is 11.1. The molecule has 2 N–H and O–H groups in total. The van der Waals surface area contributed by atoms with Crippen LogP contribution < -0.4 is 0 Å². The van der Waals surface area contributed by atoms with E-state index in [1.807, 2.05) is 30.6 Å². The molecule has 3 nitrogen and oxygen atoms in total. The molecule has 0 atom stereocenters. The molecule has 3 rings (SSSR count). The van der Waals surface area contributed by atoms with Crippen LogP contribution in [0.1, 0.15) is 22.9 Å². The zero-order chi connectivity index (χ0) is 12.4. The number of rotatable bonds is 3. The van der Waals surface area contributed by atoms with Crippen molar-refractivity contribution in [3.05, 3.63) is 77.1 Å². The van der Waals surface area contributed by atoms with Gasteiger partial charge in [-0.05, 0) is 35.9 Å². The molecule has 18 heavy (non-hydrogen) atoms. The monoisotopic (exact) mass is 257 g/mol. The number of aromatic nitrogens is 3. The Labute approximate surface area is 110 Å². The lowest BCUT2D eigenvalue weighted by molar-refractivity contribution is 0.894. The van der Waals surface area contributed by atoms with Gasteiger partial charge in [-0.1, -0.05) is 11.6 Å². The largest absolute Gasteiger partial charge is 0.364 e. The average molecular weight is 258 g/mol. The normalized spacial score (nSPS) is 11.0. The van der Waals surface area contributed by atoms with E-state index in [1.165, 1.54) is 0 Å². The molecule has 0 saturated heterocycles. The van der Waals surface area contributed by atoms with Gasteiger partial charge in [-0.3, -0.25) is 4.98 Å². The fourth-order valence-electron chi connectivity index (χ4n) is 2.17. The summed E-state index contributed by atoms with van der Waals surface area (Å²) in [5.41, 5.74) is 3.24. The first-order valence-electron chi connectivity index (χ1n) is 5.72. The van der Waals surface area contributed by atoms with Gasteiger partial charge < -0.3 is 9.97 Å². The van der Waals surface area contributed by atoms with Crippen molar-refractivity contribution in [1.82, 2.24) is 15.0 Å². The van der Waals surface area contributed by atoms with Crippen molar-refractivity contribution in [2.45, 2.75) is 5.92 Å². The van der Waals surface area contributed by atoms with E-state index >= 15 is 0 Å². The summed E-state index contributed by atoms with van der Waals surface area (Å²) in [5, 5.41) is 0.673. The zero-order valence-electron chi connectivity index (χ0n) is 9.60. The van der Waals surface area contributed by atoms with Crippen molar-refractivity contribution in [3.8, 4) is 0 Å². The SMILES string of the molecule is Clc1cnccc1C(c1ccc[nH]1)c1ccc[nH]1. The van der Waals surface area contributed by atoms with E-state index < -0.39 is 0 Å². The number of nitrogens with one attached hydrogen (secondary N) is 2. The van der Waals surface area contributed by atoms with Crippen molar-refractivity contribution in [2.75, 3.05) is 0 Å². The molecule has 0 aromatic carbocycles. The number of nitrogens with zero attached hydrogens (tertiary/aromatic N) is 1. The van der Waals surface area contributed by atoms with Crippen LogP contribution in [0.4, 0.5) is 0 Å². The molecule has 0 aliphatic rings. The maximum absolute atomic E-state index is 6.26. The molecule has 0 unspecified atom stereocenters. The van der Waals surface area contributed by atoms with E-state index in [0.717, 1.165) is 17.0 Å². The van der Waals surface area contributed by atoms with Crippen LogP contribution in [0, 0.1) is 0 Å². The van der Waals surface area contributed by atoms with Gasteiger partial charge in [0.1, 0.15) is 0 Å². The molecule has 4 heteroatoms. The molecular formula is C14H12ClN3. The number of aromatic amines is 2. The Balaban J connectivity index is 2.15. The Morgan fingerprint density at radius 1 is 1.00 bits per heavy atom. The summed E-state index contributed by atoms with van der Waals surface area (Å²) >= 11 is 6.26. The quantitative estimate of drug-likeness (QED) is 0.740. The Bertz CT molecular complexity index is 580. The Hall–Kier alpha value is -2.00. The lowest BCUT2D eigenvalue weighted by Gasteiger charge is -2.16. The third-order valence-corrected chi connectivity index (χ3v) is 3.30. The fraction of sp³-hybridized carbons (Fsp3) is 0.0714. The van der Waals surface area contributed by atoms with E-state index in [-0.39, 0.29) is 5.92 Å². The second-order valence-corrected chi connectivity index (χ2v) is 4.49. The van der Waals surface area contributed by atoms with Crippen LogP contribution in [0.3, 0.4) is 0 Å². The molecule has 90 valence electrons. The number of hydrogen-bond acceptors (Lipinski definition) is 1. The third kappa shape index (κ3) is 1.93. The van der Waals surface area contributed by atoms with Gasteiger partial charge in [-0.15, -0.1) is 0 Å². The lowest BCUT2D eigenvalue weighted by atomic mass is 9.93. The molecule has 0 saturated carbocycles. The minimum absolute atomic E-state index is 0.0745. The summed E-state index contributed by atoms with van der Waals surface area (Å²) in [6.07, 6.45) is 7.27. The van der Waals surface area contributed by atoms with Crippen LogP contribution >= 0.6 is 11.6 Å². The van der Waals surface area contributed by atoms with E-state index in [4.69, 9.17) is 11.6 Å². The van der Waals surface area contributed by atoms with Gasteiger partial charge in [-0.25, -0.2) is 0 Å². The first-order valence-corrected chi connectivity index (χ1v) is 6.10. The predicted octanol–water partition coefficient (Wildman–Crippen LogP) is 3.57. The topological polar surface area (TPSA) is 44.5 Å². The smallest absolute Gasteiger partial charge is 0.0657 e. The average Bonchev–Trinajstić information content (AvgIpc) is 3.05. The maximum Gasteiger partial charge on any atom is 0.0657 e.